The van der Waals surface area contributed by atoms with Crippen LogP contribution in [0.3, 0.4) is 0 Å². The summed E-state index contributed by atoms with van der Waals surface area (Å²) in [6, 6.07) is 5.45. The second kappa shape index (κ2) is 7.25. The van der Waals surface area contributed by atoms with Crippen LogP contribution in [0.25, 0.3) is 10.6 Å². The molecule has 0 bridgehead atoms. The summed E-state index contributed by atoms with van der Waals surface area (Å²) in [5.74, 6) is 0.317. The van der Waals surface area contributed by atoms with Crippen molar-refractivity contribution < 1.29 is 9.32 Å². The van der Waals surface area contributed by atoms with Crippen molar-refractivity contribution in [3.63, 3.8) is 0 Å². The summed E-state index contributed by atoms with van der Waals surface area (Å²) in [5, 5.41) is 8.40. The standard InChI is InChI=1S/C13H14N4O2S/c14-4-2-5-15-6-7-16-13(18)10-9-11(19-17-10)12-3-1-8-20-12/h1-5,8-9H,6-7,14H2,(H,16,18)/b4-2-,15-5?. The summed E-state index contributed by atoms with van der Waals surface area (Å²) >= 11 is 1.53. The van der Waals surface area contributed by atoms with E-state index in [1.54, 1.807) is 18.4 Å². The lowest BCUT2D eigenvalue weighted by atomic mass is 10.3. The van der Waals surface area contributed by atoms with Crippen molar-refractivity contribution in [2.45, 2.75) is 0 Å². The van der Waals surface area contributed by atoms with E-state index in [2.05, 4.69) is 15.5 Å². The molecule has 2 aromatic rings. The van der Waals surface area contributed by atoms with E-state index in [1.807, 2.05) is 17.5 Å². The first-order chi connectivity index (χ1) is 9.81. The van der Waals surface area contributed by atoms with Gasteiger partial charge < -0.3 is 15.6 Å². The fourth-order valence-corrected chi connectivity index (χ4v) is 2.10. The molecule has 0 aromatic carbocycles. The molecule has 0 radical (unpaired) electrons. The monoisotopic (exact) mass is 290 g/mol. The Kier molecular flexibility index (Phi) is 5.08. The van der Waals surface area contributed by atoms with Gasteiger partial charge in [-0.2, -0.15) is 0 Å². The van der Waals surface area contributed by atoms with Crippen molar-refractivity contribution >= 4 is 23.5 Å². The Balaban J connectivity index is 1.84. The van der Waals surface area contributed by atoms with Gasteiger partial charge in [0.05, 0.1) is 11.4 Å². The molecule has 0 saturated carbocycles. The van der Waals surface area contributed by atoms with Crippen molar-refractivity contribution in [3.8, 4) is 10.6 Å². The first-order valence-corrected chi connectivity index (χ1v) is 6.84. The Labute approximate surface area is 120 Å². The van der Waals surface area contributed by atoms with Crippen molar-refractivity contribution in [1.82, 2.24) is 10.5 Å². The summed E-state index contributed by atoms with van der Waals surface area (Å²) in [7, 11) is 0. The lowest BCUT2D eigenvalue weighted by Gasteiger charge is -1.98. The molecule has 20 heavy (non-hydrogen) atoms. The van der Waals surface area contributed by atoms with Gasteiger partial charge in [-0.05, 0) is 23.7 Å². The number of nitrogens with zero attached hydrogens (tertiary/aromatic N) is 2. The van der Waals surface area contributed by atoms with Crippen LogP contribution in [0.5, 0.6) is 0 Å². The maximum atomic E-state index is 11.8. The fraction of sp³-hybridized carbons (Fsp3) is 0.154. The number of nitrogens with two attached hydrogens (primary N) is 1. The Morgan fingerprint density at radius 3 is 3.25 bits per heavy atom. The molecule has 0 aliphatic heterocycles. The zero-order valence-electron chi connectivity index (χ0n) is 10.7. The third-order valence-electron chi connectivity index (χ3n) is 2.34. The first-order valence-electron chi connectivity index (χ1n) is 5.96. The number of thiophene rings is 1. The molecular weight excluding hydrogens is 276 g/mol. The second-order valence-corrected chi connectivity index (χ2v) is 4.70. The van der Waals surface area contributed by atoms with E-state index in [1.165, 1.54) is 17.5 Å². The van der Waals surface area contributed by atoms with E-state index < -0.39 is 0 Å². The van der Waals surface area contributed by atoms with Gasteiger partial charge in [0.15, 0.2) is 11.5 Å². The molecule has 3 N–H and O–H groups in total. The van der Waals surface area contributed by atoms with Crippen molar-refractivity contribution in [3.05, 3.63) is 41.5 Å². The van der Waals surface area contributed by atoms with Crippen LogP contribution in [0, 0.1) is 0 Å². The highest BCUT2D eigenvalue weighted by molar-refractivity contribution is 7.13. The molecule has 0 saturated heterocycles. The van der Waals surface area contributed by atoms with Crippen LogP contribution in [0.4, 0.5) is 0 Å². The molecule has 2 heterocycles. The van der Waals surface area contributed by atoms with Gasteiger partial charge in [0.25, 0.3) is 5.91 Å². The maximum Gasteiger partial charge on any atom is 0.273 e. The van der Waals surface area contributed by atoms with E-state index >= 15 is 0 Å². The number of hydrogen-bond donors (Lipinski definition) is 2. The Morgan fingerprint density at radius 1 is 1.60 bits per heavy atom. The fourth-order valence-electron chi connectivity index (χ4n) is 1.43. The number of carbonyl (C=O) groups is 1. The molecule has 6 nitrogen and oxygen atoms in total. The zero-order valence-corrected chi connectivity index (χ0v) is 11.5. The van der Waals surface area contributed by atoms with Gasteiger partial charge in [-0.3, -0.25) is 9.79 Å². The highest BCUT2D eigenvalue weighted by Gasteiger charge is 2.13. The zero-order chi connectivity index (χ0) is 14.2. The number of aromatic nitrogens is 1. The number of carbonyl (C=O) groups excluding carboxylic acids is 1. The van der Waals surface area contributed by atoms with E-state index in [-0.39, 0.29) is 11.6 Å². The van der Waals surface area contributed by atoms with Gasteiger partial charge in [0.2, 0.25) is 0 Å². The minimum absolute atomic E-state index is 0.263. The quantitative estimate of drug-likeness (QED) is 0.625. The topological polar surface area (TPSA) is 93.5 Å². The molecule has 1 amide bonds. The highest BCUT2D eigenvalue weighted by Crippen LogP contribution is 2.24. The number of allylic oxidation sites excluding steroid dienone is 1. The molecule has 2 rings (SSSR count). The molecule has 0 unspecified atom stereocenters. The molecule has 0 spiro atoms. The Hall–Kier alpha value is -2.41. The van der Waals surface area contributed by atoms with Crippen LogP contribution in [-0.4, -0.2) is 30.4 Å². The Bertz CT molecular complexity index is 602. The van der Waals surface area contributed by atoms with Crippen LogP contribution in [0.1, 0.15) is 10.5 Å². The minimum Gasteiger partial charge on any atom is -0.405 e. The van der Waals surface area contributed by atoms with Crippen LogP contribution in [0.15, 0.2) is 45.4 Å². The molecule has 104 valence electrons. The van der Waals surface area contributed by atoms with Crippen LogP contribution < -0.4 is 11.1 Å². The van der Waals surface area contributed by atoms with Gasteiger partial charge in [-0.25, -0.2) is 0 Å². The summed E-state index contributed by atoms with van der Waals surface area (Å²) < 4.78 is 5.14. The number of hydrogen-bond acceptors (Lipinski definition) is 6. The number of rotatable bonds is 6. The maximum absolute atomic E-state index is 11.8. The minimum atomic E-state index is -0.277. The van der Waals surface area contributed by atoms with Gasteiger partial charge >= 0.3 is 0 Å². The lowest BCUT2D eigenvalue weighted by molar-refractivity contribution is 0.0946. The summed E-state index contributed by atoms with van der Waals surface area (Å²) in [6.45, 7) is 0.903. The summed E-state index contributed by atoms with van der Waals surface area (Å²) in [5.41, 5.74) is 5.41. The van der Waals surface area contributed by atoms with Crippen molar-refractivity contribution in [2.75, 3.05) is 13.1 Å². The number of aliphatic imine (C=N–C) groups is 1. The van der Waals surface area contributed by atoms with E-state index in [4.69, 9.17) is 10.3 Å². The number of nitrogens with one attached hydrogen (secondary N) is 1. The molecule has 0 aliphatic carbocycles. The average Bonchev–Trinajstić information content (AvgIpc) is 3.12. The van der Waals surface area contributed by atoms with Crippen LogP contribution in [0.2, 0.25) is 0 Å². The molecular formula is C13H14N4O2S. The predicted molar refractivity (Wildman–Crippen MR) is 78.8 cm³/mol. The molecule has 0 fully saturated rings. The van der Waals surface area contributed by atoms with E-state index in [0.717, 1.165) is 4.88 Å². The first kappa shape index (κ1) is 14.0. The Morgan fingerprint density at radius 2 is 2.50 bits per heavy atom. The van der Waals surface area contributed by atoms with Crippen LogP contribution in [-0.2, 0) is 0 Å². The summed E-state index contributed by atoms with van der Waals surface area (Å²) in [6.07, 6.45) is 4.59. The largest absolute Gasteiger partial charge is 0.405 e. The third kappa shape index (κ3) is 3.79. The lowest BCUT2D eigenvalue weighted by Crippen LogP contribution is -2.26. The van der Waals surface area contributed by atoms with Gasteiger partial charge in [0, 0.05) is 18.8 Å². The average molecular weight is 290 g/mol. The molecule has 0 aliphatic rings. The van der Waals surface area contributed by atoms with E-state index in [9.17, 15) is 4.79 Å². The normalized spacial score (nSPS) is 11.4. The number of amides is 1. The van der Waals surface area contributed by atoms with E-state index in [0.29, 0.717) is 18.8 Å². The smallest absolute Gasteiger partial charge is 0.273 e. The SMILES string of the molecule is N/C=C\C=NCCNC(=O)c1cc(-c2cccs2)on1. The molecule has 7 heteroatoms. The van der Waals surface area contributed by atoms with Gasteiger partial charge in [-0.1, -0.05) is 11.2 Å². The van der Waals surface area contributed by atoms with Crippen molar-refractivity contribution in [2.24, 2.45) is 10.7 Å². The third-order valence-corrected chi connectivity index (χ3v) is 3.22. The highest BCUT2D eigenvalue weighted by atomic mass is 32.1. The predicted octanol–water partition coefficient (Wildman–Crippen LogP) is 1.68. The van der Waals surface area contributed by atoms with Gasteiger partial charge in [0.1, 0.15) is 0 Å². The second-order valence-electron chi connectivity index (χ2n) is 3.75. The van der Waals surface area contributed by atoms with Gasteiger partial charge in [-0.15, -0.1) is 11.3 Å². The molecule has 0 atom stereocenters. The van der Waals surface area contributed by atoms with Crippen molar-refractivity contribution in [1.29, 1.82) is 0 Å². The summed E-state index contributed by atoms with van der Waals surface area (Å²) in [4.78, 5) is 16.8. The molecule has 2 aromatic heterocycles. The van der Waals surface area contributed by atoms with Crippen LogP contribution >= 0.6 is 11.3 Å².